The van der Waals surface area contributed by atoms with Gasteiger partial charge in [0.2, 0.25) is 0 Å². The van der Waals surface area contributed by atoms with Crippen LogP contribution in [0.1, 0.15) is 66.0 Å². The minimum atomic E-state index is -4.59. The number of carbonyl (C=O) groups is 2. The zero-order chi connectivity index (χ0) is 28.5. The molecule has 5 nitrogen and oxygen atoms in total. The summed E-state index contributed by atoms with van der Waals surface area (Å²) in [4.78, 5) is 26.6. The van der Waals surface area contributed by atoms with Crippen LogP contribution in [0.15, 0.2) is 72.1 Å². The Bertz CT molecular complexity index is 1260. The van der Waals surface area contributed by atoms with E-state index in [0.29, 0.717) is 11.3 Å². The summed E-state index contributed by atoms with van der Waals surface area (Å²) in [6.45, 7) is 10.5. The van der Waals surface area contributed by atoms with Gasteiger partial charge in [-0.25, -0.2) is 0 Å². The van der Waals surface area contributed by atoms with Gasteiger partial charge in [-0.15, -0.1) is 11.3 Å². The van der Waals surface area contributed by atoms with Crippen molar-refractivity contribution in [3.63, 3.8) is 0 Å². The number of hydrogen-bond donors (Lipinski definition) is 2. The van der Waals surface area contributed by atoms with E-state index >= 15 is 0 Å². The monoisotopic (exact) mass is 546 g/mol. The van der Waals surface area contributed by atoms with Gasteiger partial charge in [0.1, 0.15) is 0 Å². The predicted molar refractivity (Wildman–Crippen MR) is 147 cm³/mol. The van der Waals surface area contributed by atoms with E-state index in [1.807, 2.05) is 45.2 Å². The van der Waals surface area contributed by atoms with Crippen LogP contribution >= 0.6 is 11.3 Å². The number of amides is 1. The minimum Gasteiger partial charge on any atom is -0.392 e. The Morgan fingerprint density at radius 3 is 2.45 bits per heavy atom. The summed E-state index contributed by atoms with van der Waals surface area (Å²) in [5.41, 5.74) is 1.85. The lowest BCUT2D eigenvalue weighted by Crippen LogP contribution is -2.20. The molecular weight excluding hydrogens is 513 g/mol. The van der Waals surface area contributed by atoms with E-state index in [2.05, 4.69) is 11.9 Å². The summed E-state index contributed by atoms with van der Waals surface area (Å²) in [6, 6.07) is 3.40. The highest BCUT2D eigenvalue weighted by Crippen LogP contribution is 2.34. The number of aliphatic hydroxyl groups is 1. The van der Waals surface area contributed by atoms with Gasteiger partial charge in [-0.05, 0) is 55.2 Å². The molecule has 0 saturated heterocycles. The molecule has 0 aliphatic carbocycles. The third-order valence-electron chi connectivity index (χ3n) is 5.73. The molecule has 9 heteroatoms. The maximum atomic E-state index is 13.1. The number of ketones is 1. The molecule has 0 fully saturated rings. The summed E-state index contributed by atoms with van der Waals surface area (Å²) in [7, 11) is 0. The zero-order valence-corrected chi connectivity index (χ0v) is 22.8. The number of aliphatic hydroxyl groups excluding tert-OH is 1. The maximum Gasteiger partial charge on any atom is 0.416 e. The van der Waals surface area contributed by atoms with Crippen molar-refractivity contribution in [2.24, 2.45) is 0 Å². The first-order valence-electron chi connectivity index (χ1n) is 12.2. The first-order chi connectivity index (χ1) is 18.0. The molecule has 2 N–H and O–H groups in total. The Morgan fingerprint density at radius 2 is 1.92 bits per heavy atom. The number of nitrogens with zero attached hydrogens (tertiary/aromatic N) is 1. The molecule has 204 valence electrons. The van der Waals surface area contributed by atoms with E-state index in [9.17, 15) is 22.8 Å². The van der Waals surface area contributed by atoms with Crippen molar-refractivity contribution >= 4 is 28.7 Å². The first kappa shape index (κ1) is 30.8. The average molecular weight is 547 g/mol. The van der Waals surface area contributed by atoms with Gasteiger partial charge in [0.15, 0.2) is 5.78 Å². The van der Waals surface area contributed by atoms with Gasteiger partial charge in [-0.1, -0.05) is 45.1 Å². The van der Waals surface area contributed by atoms with Gasteiger partial charge < -0.3 is 15.3 Å². The maximum absolute atomic E-state index is 13.1. The molecule has 2 heterocycles. The molecule has 0 radical (unpaired) electrons. The number of anilines is 1. The fourth-order valence-electron chi connectivity index (χ4n) is 3.91. The molecular formula is C29H33F3N2O3S. The Balaban J connectivity index is 0.000000328. The molecule has 1 aliphatic rings. The van der Waals surface area contributed by atoms with E-state index in [1.54, 1.807) is 23.3 Å². The van der Waals surface area contributed by atoms with Gasteiger partial charge >= 0.3 is 6.18 Å². The highest BCUT2D eigenvalue weighted by Gasteiger charge is 2.33. The van der Waals surface area contributed by atoms with Crippen LogP contribution in [0, 0.1) is 0 Å². The van der Waals surface area contributed by atoms with Crippen LogP contribution in [0.4, 0.5) is 18.9 Å². The topological polar surface area (TPSA) is 69.6 Å². The van der Waals surface area contributed by atoms with Crippen molar-refractivity contribution in [2.75, 3.05) is 5.32 Å². The molecule has 3 rings (SSSR count). The number of rotatable bonds is 8. The number of aryl methyl sites for hydroxylation is 1. The van der Waals surface area contributed by atoms with Gasteiger partial charge in [0.25, 0.3) is 5.91 Å². The predicted octanol–water partition coefficient (Wildman–Crippen LogP) is 7.40. The standard InChI is InChI=1S/C18H20F3NO2S.C11H13NO/c1-3-5-13-14(10-25-16(13)4-2)17(24)22-12-7-6-11(9-23)15(8-12)18(19,20)21;1-4-11(10(3)13)12-8-6-5-7-9(12)2/h6-8,10,23H,3-5,9H2,1-2H3,(H,22,24);4-8H,2H2,1,3H3/b;11-4-. The van der Waals surface area contributed by atoms with Crippen molar-refractivity contribution in [3.8, 4) is 0 Å². The van der Waals surface area contributed by atoms with E-state index < -0.39 is 24.3 Å². The van der Waals surface area contributed by atoms with Crippen LogP contribution in [-0.4, -0.2) is 21.7 Å². The normalized spacial score (nSPS) is 13.3. The van der Waals surface area contributed by atoms with Crippen LogP contribution in [0.2, 0.25) is 0 Å². The quantitative estimate of drug-likeness (QED) is 0.339. The van der Waals surface area contributed by atoms with Crippen molar-refractivity contribution in [2.45, 2.75) is 59.7 Å². The summed E-state index contributed by atoms with van der Waals surface area (Å²) in [5.74, 6) is -0.368. The molecule has 0 spiro atoms. The Kier molecular flexibility index (Phi) is 11.3. The van der Waals surface area contributed by atoms with Crippen LogP contribution in [0.3, 0.4) is 0 Å². The van der Waals surface area contributed by atoms with E-state index in [1.165, 1.54) is 23.5 Å². The summed E-state index contributed by atoms with van der Waals surface area (Å²) in [5, 5.41) is 13.4. The summed E-state index contributed by atoms with van der Waals surface area (Å²) < 4.78 is 39.2. The third-order valence-corrected chi connectivity index (χ3v) is 6.90. The highest BCUT2D eigenvalue weighted by molar-refractivity contribution is 7.10. The molecule has 0 atom stereocenters. The summed E-state index contributed by atoms with van der Waals surface area (Å²) >= 11 is 1.49. The number of nitrogens with one attached hydrogen (secondary N) is 1. The molecule has 0 saturated carbocycles. The molecule has 0 unspecified atom stereocenters. The largest absolute Gasteiger partial charge is 0.416 e. The fraction of sp³-hybridized carbons (Fsp3) is 0.310. The van der Waals surface area contributed by atoms with Crippen molar-refractivity contribution in [1.29, 1.82) is 0 Å². The molecule has 1 aliphatic heterocycles. The second-order valence-electron chi connectivity index (χ2n) is 8.43. The molecule has 1 amide bonds. The number of alkyl halides is 3. The number of Topliss-reactive ketones (excluding diaryl/α,β-unsaturated/α-hetero) is 1. The zero-order valence-electron chi connectivity index (χ0n) is 22.0. The van der Waals surface area contributed by atoms with Crippen LogP contribution in [0.25, 0.3) is 0 Å². The number of allylic oxidation sites excluding steroid dienone is 5. The Hall–Kier alpha value is -3.43. The van der Waals surface area contributed by atoms with Gasteiger partial charge in [0.05, 0.1) is 23.4 Å². The van der Waals surface area contributed by atoms with Crippen molar-refractivity contribution in [3.05, 3.63) is 99.2 Å². The van der Waals surface area contributed by atoms with Crippen molar-refractivity contribution in [1.82, 2.24) is 4.90 Å². The second kappa shape index (κ2) is 13.9. The van der Waals surface area contributed by atoms with Crippen molar-refractivity contribution < 1.29 is 27.9 Å². The van der Waals surface area contributed by atoms with E-state index in [-0.39, 0.29) is 17.0 Å². The van der Waals surface area contributed by atoms with E-state index in [0.717, 1.165) is 41.5 Å². The lowest BCUT2D eigenvalue weighted by molar-refractivity contribution is -0.138. The van der Waals surface area contributed by atoms with Crippen LogP contribution < -0.4 is 5.32 Å². The Labute approximate surface area is 225 Å². The average Bonchev–Trinajstić information content (AvgIpc) is 3.28. The SMILES string of the molecule is C=C1C=CC=CN1/C(=C\C)C(C)=O.CCCc1c(C(=O)Nc2ccc(CO)c(C(F)(F)F)c2)csc1CC. The summed E-state index contributed by atoms with van der Waals surface area (Å²) in [6.07, 6.45) is 7.12. The number of halogens is 3. The number of benzene rings is 1. The minimum absolute atomic E-state index is 0.0450. The number of thiophene rings is 1. The molecule has 1 aromatic carbocycles. The smallest absolute Gasteiger partial charge is 0.392 e. The molecule has 2 aromatic rings. The fourth-order valence-corrected chi connectivity index (χ4v) is 4.94. The van der Waals surface area contributed by atoms with E-state index in [4.69, 9.17) is 5.11 Å². The number of carbonyl (C=O) groups excluding carboxylic acids is 2. The van der Waals surface area contributed by atoms with Gasteiger partial charge in [0, 0.05) is 34.8 Å². The second-order valence-corrected chi connectivity index (χ2v) is 9.39. The van der Waals surface area contributed by atoms with Crippen LogP contribution in [-0.2, 0) is 30.4 Å². The Morgan fingerprint density at radius 1 is 1.21 bits per heavy atom. The third kappa shape index (κ3) is 7.79. The molecule has 38 heavy (non-hydrogen) atoms. The number of hydrogen-bond acceptors (Lipinski definition) is 5. The first-order valence-corrected chi connectivity index (χ1v) is 13.1. The highest BCUT2D eigenvalue weighted by atomic mass is 32.1. The lowest BCUT2D eigenvalue weighted by Gasteiger charge is -2.23. The van der Waals surface area contributed by atoms with Gasteiger partial charge in [-0.3, -0.25) is 9.59 Å². The molecule has 1 aromatic heterocycles. The molecule has 0 bridgehead atoms. The van der Waals surface area contributed by atoms with Gasteiger partial charge in [-0.2, -0.15) is 13.2 Å². The lowest BCUT2D eigenvalue weighted by atomic mass is 10.0. The van der Waals surface area contributed by atoms with Crippen LogP contribution in [0.5, 0.6) is 0 Å².